The van der Waals surface area contributed by atoms with Crippen LogP contribution in [0.15, 0.2) is 28.7 Å². The lowest BCUT2D eigenvalue weighted by Crippen LogP contribution is -2.16. The molecule has 0 amide bonds. The summed E-state index contributed by atoms with van der Waals surface area (Å²) in [5, 5.41) is 0.809. The minimum Gasteiger partial charge on any atom is -0.229 e. The van der Waals surface area contributed by atoms with Gasteiger partial charge in [-0.05, 0) is 36.0 Å². The van der Waals surface area contributed by atoms with Gasteiger partial charge >= 0.3 is 0 Å². The smallest absolute Gasteiger partial charge is 0.150 e. The van der Waals surface area contributed by atoms with Crippen molar-refractivity contribution >= 4 is 41.7 Å². The molecule has 0 N–H and O–H groups in total. The summed E-state index contributed by atoms with van der Waals surface area (Å²) >= 11 is 6.97. The molecule has 1 heterocycles. The third-order valence-corrected chi connectivity index (χ3v) is 6.26. The average molecular weight is 382 g/mol. The van der Waals surface area contributed by atoms with Crippen LogP contribution in [0.5, 0.6) is 0 Å². The van der Waals surface area contributed by atoms with Gasteiger partial charge in [0.15, 0.2) is 9.84 Å². The second kappa shape index (κ2) is 5.41. The first-order chi connectivity index (χ1) is 8.02. The van der Waals surface area contributed by atoms with Crippen molar-refractivity contribution in [1.29, 1.82) is 0 Å². The van der Waals surface area contributed by atoms with Gasteiger partial charge < -0.3 is 0 Å². The number of sulfone groups is 1. The molecule has 17 heavy (non-hydrogen) atoms. The molecule has 1 aromatic carbocycles. The van der Waals surface area contributed by atoms with Crippen LogP contribution in [0.3, 0.4) is 0 Å². The Morgan fingerprint density at radius 3 is 2.71 bits per heavy atom. The number of rotatable bonds is 3. The van der Waals surface area contributed by atoms with Gasteiger partial charge in [-0.2, -0.15) is 0 Å². The van der Waals surface area contributed by atoms with Gasteiger partial charge in [-0.25, -0.2) is 8.42 Å². The molecule has 0 aromatic heterocycles. The van der Waals surface area contributed by atoms with Crippen molar-refractivity contribution in [2.45, 2.75) is 12.3 Å². The van der Waals surface area contributed by atoms with Gasteiger partial charge in [-0.1, -0.05) is 44.0 Å². The number of halogens is 2. The fraction of sp³-hybridized carbons (Fsp3) is 0.500. The largest absolute Gasteiger partial charge is 0.229 e. The Morgan fingerprint density at radius 2 is 2.18 bits per heavy atom. The van der Waals surface area contributed by atoms with E-state index < -0.39 is 9.84 Å². The van der Waals surface area contributed by atoms with Gasteiger partial charge in [0.05, 0.1) is 11.5 Å². The zero-order valence-corrected chi connectivity index (χ0v) is 13.3. The average Bonchev–Trinajstić information content (AvgIpc) is 2.60. The maximum absolute atomic E-state index is 11.5. The van der Waals surface area contributed by atoms with E-state index >= 15 is 0 Å². The van der Waals surface area contributed by atoms with E-state index in [0.717, 1.165) is 16.2 Å². The minimum atomic E-state index is -2.80. The highest BCUT2D eigenvalue weighted by molar-refractivity contribution is 9.10. The zero-order chi connectivity index (χ0) is 12.5. The molecule has 0 aliphatic carbocycles. The fourth-order valence-electron chi connectivity index (χ4n) is 2.37. The zero-order valence-electron chi connectivity index (χ0n) is 9.27. The molecule has 2 rings (SSSR count). The van der Waals surface area contributed by atoms with Crippen molar-refractivity contribution in [3.63, 3.8) is 0 Å². The number of hydrogen-bond donors (Lipinski definition) is 0. The van der Waals surface area contributed by atoms with Gasteiger partial charge in [0.2, 0.25) is 0 Å². The normalized spacial score (nSPS) is 24.7. The molecule has 94 valence electrons. The van der Waals surface area contributed by atoms with E-state index in [0.29, 0.717) is 11.5 Å². The highest BCUT2D eigenvalue weighted by Crippen LogP contribution is 2.35. The number of hydrogen-bond acceptors (Lipinski definition) is 2. The van der Waals surface area contributed by atoms with E-state index in [2.05, 4.69) is 44.0 Å². The Bertz CT molecular complexity index is 499. The van der Waals surface area contributed by atoms with Gasteiger partial charge in [0.1, 0.15) is 0 Å². The van der Waals surface area contributed by atoms with E-state index in [1.54, 1.807) is 0 Å². The van der Waals surface area contributed by atoms with Crippen molar-refractivity contribution in [2.24, 2.45) is 5.92 Å². The number of alkyl halides is 1. The molecule has 0 saturated carbocycles. The van der Waals surface area contributed by atoms with Crippen molar-refractivity contribution in [2.75, 3.05) is 16.8 Å². The van der Waals surface area contributed by atoms with Crippen molar-refractivity contribution in [3.05, 3.63) is 34.3 Å². The summed E-state index contributed by atoms with van der Waals surface area (Å²) in [6.07, 6.45) is 0.783. The second-order valence-corrected chi connectivity index (χ2v) is 8.27. The summed E-state index contributed by atoms with van der Waals surface area (Å²) in [7, 11) is -2.80. The molecule has 0 bridgehead atoms. The molecule has 0 spiro atoms. The lowest BCUT2D eigenvalue weighted by atomic mass is 9.87. The predicted molar refractivity (Wildman–Crippen MR) is 77.4 cm³/mol. The Balaban J connectivity index is 2.23. The minimum absolute atomic E-state index is 0.244. The molecule has 2 unspecified atom stereocenters. The van der Waals surface area contributed by atoms with Crippen molar-refractivity contribution < 1.29 is 8.42 Å². The monoisotopic (exact) mass is 380 g/mol. The third-order valence-electron chi connectivity index (χ3n) is 3.28. The van der Waals surface area contributed by atoms with Crippen LogP contribution >= 0.6 is 31.9 Å². The summed E-state index contributed by atoms with van der Waals surface area (Å²) < 4.78 is 24.1. The Kier molecular flexibility index (Phi) is 4.31. The van der Waals surface area contributed by atoms with Gasteiger partial charge in [0.25, 0.3) is 0 Å². The molecule has 1 aliphatic heterocycles. The lowest BCUT2D eigenvalue weighted by Gasteiger charge is -2.20. The summed E-state index contributed by atoms with van der Waals surface area (Å²) in [5.41, 5.74) is 1.21. The quantitative estimate of drug-likeness (QED) is 0.752. The van der Waals surface area contributed by atoms with Gasteiger partial charge in [0, 0.05) is 9.80 Å². The van der Waals surface area contributed by atoms with E-state index in [-0.39, 0.29) is 11.8 Å². The van der Waals surface area contributed by atoms with Gasteiger partial charge in [-0.15, -0.1) is 0 Å². The molecule has 1 aliphatic rings. The van der Waals surface area contributed by atoms with Crippen LogP contribution in [-0.2, 0) is 9.84 Å². The number of benzene rings is 1. The molecule has 2 atom stereocenters. The van der Waals surface area contributed by atoms with Crippen LogP contribution in [-0.4, -0.2) is 25.3 Å². The first kappa shape index (κ1) is 13.6. The van der Waals surface area contributed by atoms with Crippen molar-refractivity contribution in [3.8, 4) is 0 Å². The Hall–Kier alpha value is 0.130. The third kappa shape index (κ3) is 3.32. The fourth-order valence-corrected chi connectivity index (χ4v) is 5.56. The standard InChI is InChI=1S/C12H14Br2O2S/c13-7-12(9-2-1-3-11(14)6-9)10-4-5-17(15,16)8-10/h1-3,6,10,12H,4-5,7-8H2. The van der Waals surface area contributed by atoms with Gasteiger partial charge in [-0.3, -0.25) is 0 Å². The van der Waals surface area contributed by atoms with Crippen molar-refractivity contribution in [1.82, 2.24) is 0 Å². The molecule has 5 heteroatoms. The summed E-state index contributed by atoms with van der Waals surface area (Å²) in [6.45, 7) is 0. The lowest BCUT2D eigenvalue weighted by molar-refractivity contribution is 0.505. The van der Waals surface area contributed by atoms with Crippen LogP contribution in [0, 0.1) is 5.92 Å². The van der Waals surface area contributed by atoms with E-state index in [9.17, 15) is 8.42 Å². The maximum Gasteiger partial charge on any atom is 0.150 e. The summed E-state index contributed by atoms with van der Waals surface area (Å²) in [5.74, 6) is 1.20. The predicted octanol–water partition coefficient (Wildman–Crippen LogP) is 3.36. The summed E-state index contributed by atoms with van der Waals surface area (Å²) in [6, 6.07) is 8.14. The van der Waals surface area contributed by atoms with E-state index in [4.69, 9.17) is 0 Å². The van der Waals surface area contributed by atoms with Crippen LogP contribution in [0.2, 0.25) is 0 Å². The topological polar surface area (TPSA) is 34.1 Å². The molecule has 1 aromatic rings. The molecule has 2 nitrogen and oxygen atoms in total. The van der Waals surface area contributed by atoms with Crippen LogP contribution in [0.1, 0.15) is 17.9 Å². The highest BCUT2D eigenvalue weighted by Gasteiger charge is 2.33. The SMILES string of the molecule is O=S1(=O)CCC(C(CBr)c2cccc(Br)c2)C1. The first-order valence-electron chi connectivity index (χ1n) is 5.54. The summed E-state index contributed by atoms with van der Waals surface area (Å²) in [4.78, 5) is 0. The molecule has 0 radical (unpaired) electrons. The highest BCUT2D eigenvalue weighted by atomic mass is 79.9. The first-order valence-corrected chi connectivity index (χ1v) is 9.27. The Morgan fingerprint density at radius 1 is 1.41 bits per heavy atom. The van der Waals surface area contributed by atoms with E-state index in [1.807, 2.05) is 12.1 Å². The van der Waals surface area contributed by atoms with E-state index in [1.165, 1.54) is 5.56 Å². The van der Waals surface area contributed by atoms with Crippen LogP contribution < -0.4 is 0 Å². The second-order valence-electron chi connectivity index (χ2n) is 4.48. The van der Waals surface area contributed by atoms with Crippen LogP contribution in [0.4, 0.5) is 0 Å². The maximum atomic E-state index is 11.5. The molecular weight excluding hydrogens is 368 g/mol. The Labute approximate surface area is 119 Å². The molecule has 1 saturated heterocycles. The molecule has 1 fully saturated rings. The molecular formula is C12H14Br2O2S. The van der Waals surface area contributed by atoms with Crippen LogP contribution in [0.25, 0.3) is 0 Å².